The predicted octanol–water partition coefficient (Wildman–Crippen LogP) is 1.30. The maximum absolute atomic E-state index is 10.6. The van der Waals surface area contributed by atoms with Crippen LogP contribution in [-0.2, 0) is 9.59 Å². The maximum Gasteiger partial charge on any atom is 0.317 e. The molecule has 0 amide bonds. The Labute approximate surface area is 81.3 Å². The number of hydrogen-bond acceptors (Lipinski definition) is 3. The largest absolute Gasteiger partial charge is 0.481 e. The Morgan fingerprint density at radius 1 is 1.31 bits per heavy atom. The third-order valence-corrected chi connectivity index (χ3v) is 2.90. The van der Waals surface area contributed by atoms with Crippen molar-refractivity contribution in [2.45, 2.75) is 25.5 Å². The fraction of sp³-hybridized carbons (Fsp3) is 0.750. The highest BCUT2D eigenvalue weighted by Gasteiger charge is 2.21. The van der Waals surface area contributed by atoms with Crippen LogP contribution in [0.4, 0.5) is 0 Å². The lowest BCUT2D eigenvalue weighted by Gasteiger charge is -2.10. The van der Waals surface area contributed by atoms with E-state index in [4.69, 9.17) is 10.2 Å². The first-order valence-electron chi connectivity index (χ1n) is 3.99. The molecule has 0 saturated heterocycles. The number of carboxylic acid groups (broad SMARTS) is 2. The Hall–Kier alpha value is -0.710. The second-order valence-corrected chi connectivity index (χ2v) is 4.39. The zero-order valence-corrected chi connectivity index (χ0v) is 8.50. The van der Waals surface area contributed by atoms with E-state index in [2.05, 4.69) is 0 Å². The van der Waals surface area contributed by atoms with Gasteiger partial charge in [-0.15, -0.1) is 11.8 Å². The highest BCUT2D eigenvalue weighted by atomic mass is 32.2. The molecule has 4 nitrogen and oxygen atoms in total. The van der Waals surface area contributed by atoms with Crippen LogP contribution in [-0.4, -0.2) is 33.2 Å². The third-order valence-electron chi connectivity index (χ3n) is 1.27. The molecule has 0 heterocycles. The van der Waals surface area contributed by atoms with Gasteiger partial charge in [0.1, 0.15) is 5.25 Å². The van der Waals surface area contributed by atoms with Gasteiger partial charge in [-0.1, -0.05) is 13.8 Å². The summed E-state index contributed by atoms with van der Waals surface area (Å²) in [5.74, 6) is -1.07. The molecule has 0 aromatic heterocycles. The number of aliphatic carboxylic acids is 2. The summed E-state index contributed by atoms with van der Waals surface area (Å²) in [6, 6.07) is 0. The molecule has 0 unspecified atom stereocenters. The van der Waals surface area contributed by atoms with Gasteiger partial charge in [-0.05, 0) is 11.7 Å². The van der Waals surface area contributed by atoms with Gasteiger partial charge in [-0.2, -0.15) is 0 Å². The summed E-state index contributed by atoms with van der Waals surface area (Å²) in [5.41, 5.74) is 0. The Kier molecular flexibility index (Phi) is 5.53. The van der Waals surface area contributed by atoms with Gasteiger partial charge in [0.15, 0.2) is 0 Å². The minimum absolute atomic E-state index is 0.313. The Morgan fingerprint density at radius 2 is 1.85 bits per heavy atom. The van der Waals surface area contributed by atoms with E-state index >= 15 is 0 Å². The van der Waals surface area contributed by atoms with Crippen molar-refractivity contribution >= 4 is 23.7 Å². The van der Waals surface area contributed by atoms with Crippen LogP contribution in [0.2, 0.25) is 0 Å². The molecular weight excluding hydrogens is 192 g/mol. The second kappa shape index (κ2) is 5.85. The minimum Gasteiger partial charge on any atom is -0.481 e. The first kappa shape index (κ1) is 12.3. The van der Waals surface area contributed by atoms with Crippen molar-refractivity contribution in [3.05, 3.63) is 0 Å². The van der Waals surface area contributed by atoms with Crippen LogP contribution < -0.4 is 0 Å². The number of carbonyl (C=O) groups is 2. The highest BCUT2D eigenvalue weighted by molar-refractivity contribution is 8.00. The smallest absolute Gasteiger partial charge is 0.317 e. The van der Waals surface area contributed by atoms with Crippen molar-refractivity contribution in [2.75, 3.05) is 5.75 Å². The minimum atomic E-state index is -1.07. The normalized spacial score (nSPS) is 12.8. The van der Waals surface area contributed by atoms with Crippen LogP contribution in [0, 0.1) is 5.92 Å². The molecule has 0 aliphatic carbocycles. The fourth-order valence-electron chi connectivity index (χ4n) is 0.685. The van der Waals surface area contributed by atoms with E-state index in [9.17, 15) is 9.59 Å². The lowest BCUT2D eigenvalue weighted by atomic mass is 10.3. The summed E-state index contributed by atoms with van der Waals surface area (Å²) in [6.45, 7) is 3.93. The monoisotopic (exact) mass is 206 g/mol. The van der Waals surface area contributed by atoms with E-state index in [1.54, 1.807) is 0 Å². The quantitative estimate of drug-likeness (QED) is 0.685. The summed E-state index contributed by atoms with van der Waals surface area (Å²) < 4.78 is 0. The van der Waals surface area contributed by atoms with Crippen LogP contribution >= 0.6 is 11.8 Å². The number of hydrogen-bond donors (Lipinski definition) is 2. The number of carboxylic acids is 2. The maximum atomic E-state index is 10.6. The molecule has 0 radical (unpaired) electrons. The van der Waals surface area contributed by atoms with Crippen molar-refractivity contribution in [1.29, 1.82) is 0 Å². The first-order chi connectivity index (χ1) is 5.93. The summed E-state index contributed by atoms with van der Waals surface area (Å²) >= 11 is 1.19. The molecule has 0 aliphatic rings. The number of rotatable bonds is 6. The molecule has 76 valence electrons. The van der Waals surface area contributed by atoms with Gasteiger partial charge in [0.05, 0.1) is 6.42 Å². The molecule has 0 bridgehead atoms. The third kappa shape index (κ3) is 6.45. The average molecular weight is 206 g/mol. The van der Waals surface area contributed by atoms with E-state index in [1.165, 1.54) is 11.8 Å². The van der Waals surface area contributed by atoms with Gasteiger partial charge in [0.2, 0.25) is 0 Å². The summed E-state index contributed by atoms with van der Waals surface area (Å²) in [5, 5.41) is 16.3. The highest BCUT2D eigenvalue weighted by Crippen LogP contribution is 2.18. The van der Waals surface area contributed by atoms with Crippen molar-refractivity contribution in [3.63, 3.8) is 0 Å². The molecule has 5 heteroatoms. The molecule has 1 atom stereocenters. The van der Waals surface area contributed by atoms with E-state index in [0.29, 0.717) is 11.7 Å². The SMILES string of the molecule is CC(C)CS[C@H](CC(=O)O)C(=O)O. The molecule has 0 spiro atoms. The average Bonchev–Trinajstić information content (AvgIpc) is 1.96. The molecule has 0 aromatic rings. The van der Waals surface area contributed by atoms with Gasteiger partial charge in [0, 0.05) is 0 Å². The van der Waals surface area contributed by atoms with Crippen molar-refractivity contribution in [1.82, 2.24) is 0 Å². The van der Waals surface area contributed by atoms with Crippen LogP contribution in [0.5, 0.6) is 0 Å². The molecule has 13 heavy (non-hydrogen) atoms. The van der Waals surface area contributed by atoms with E-state index in [1.807, 2.05) is 13.8 Å². The molecule has 0 aliphatic heterocycles. The van der Waals surface area contributed by atoms with Crippen molar-refractivity contribution in [2.24, 2.45) is 5.92 Å². The zero-order valence-electron chi connectivity index (χ0n) is 7.69. The fourth-order valence-corrected chi connectivity index (χ4v) is 1.70. The predicted molar refractivity (Wildman–Crippen MR) is 51.0 cm³/mol. The van der Waals surface area contributed by atoms with Crippen molar-refractivity contribution in [3.8, 4) is 0 Å². The van der Waals surface area contributed by atoms with Crippen LogP contribution in [0.3, 0.4) is 0 Å². The van der Waals surface area contributed by atoms with Crippen LogP contribution in [0.1, 0.15) is 20.3 Å². The Balaban J connectivity index is 3.95. The summed E-state index contributed by atoms with van der Waals surface area (Å²) in [4.78, 5) is 20.8. The van der Waals surface area contributed by atoms with Gasteiger partial charge >= 0.3 is 11.9 Å². The van der Waals surface area contributed by atoms with Crippen LogP contribution in [0.15, 0.2) is 0 Å². The van der Waals surface area contributed by atoms with Gasteiger partial charge in [-0.25, -0.2) is 0 Å². The first-order valence-corrected chi connectivity index (χ1v) is 5.04. The molecule has 0 fully saturated rings. The lowest BCUT2D eigenvalue weighted by molar-refractivity contribution is -0.142. The Morgan fingerprint density at radius 3 is 2.15 bits per heavy atom. The van der Waals surface area contributed by atoms with Crippen LogP contribution in [0.25, 0.3) is 0 Å². The topological polar surface area (TPSA) is 74.6 Å². The van der Waals surface area contributed by atoms with E-state index in [-0.39, 0.29) is 6.42 Å². The number of thioether (sulfide) groups is 1. The van der Waals surface area contributed by atoms with Gasteiger partial charge < -0.3 is 10.2 Å². The molecule has 0 rings (SSSR count). The second-order valence-electron chi connectivity index (χ2n) is 3.15. The molecule has 0 aromatic carbocycles. The molecular formula is C8H14O4S. The Bertz CT molecular complexity index is 191. The standard InChI is InChI=1S/C8H14O4S/c1-5(2)4-13-6(8(11)12)3-7(9)10/h5-6H,3-4H2,1-2H3,(H,9,10)(H,11,12)/t6-/m1/s1. The molecule has 0 saturated carbocycles. The van der Waals surface area contributed by atoms with Gasteiger partial charge in [-0.3, -0.25) is 9.59 Å². The summed E-state index contributed by atoms with van der Waals surface area (Å²) in [6.07, 6.45) is -0.313. The molecule has 2 N–H and O–H groups in total. The zero-order chi connectivity index (χ0) is 10.4. The van der Waals surface area contributed by atoms with Crippen molar-refractivity contribution < 1.29 is 19.8 Å². The van der Waals surface area contributed by atoms with E-state index in [0.717, 1.165) is 0 Å². The van der Waals surface area contributed by atoms with E-state index < -0.39 is 17.2 Å². The summed E-state index contributed by atoms with van der Waals surface area (Å²) in [7, 11) is 0. The lowest BCUT2D eigenvalue weighted by Crippen LogP contribution is -2.21. The van der Waals surface area contributed by atoms with Gasteiger partial charge in [0.25, 0.3) is 0 Å².